The van der Waals surface area contributed by atoms with Gasteiger partial charge in [0.15, 0.2) is 11.5 Å². The molecular formula is C18H13BrN2O2. The average Bonchev–Trinajstić information content (AvgIpc) is 2.59. The summed E-state index contributed by atoms with van der Waals surface area (Å²) in [6, 6.07) is 14.9. The molecule has 0 aromatic heterocycles. The second-order valence-electron chi connectivity index (χ2n) is 4.54. The zero-order valence-corrected chi connectivity index (χ0v) is 14.0. The highest BCUT2D eigenvalue weighted by Gasteiger charge is 2.10. The van der Waals surface area contributed by atoms with E-state index in [2.05, 4.69) is 22.0 Å². The number of methoxy groups -OCH3 is 1. The zero-order valence-electron chi connectivity index (χ0n) is 12.4. The molecule has 5 heteroatoms. The van der Waals surface area contributed by atoms with Gasteiger partial charge in [-0.2, -0.15) is 10.5 Å². The molecule has 0 saturated carbocycles. The lowest BCUT2D eigenvalue weighted by Crippen LogP contribution is -2.00. The summed E-state index contributed by atoms with van der Waals surface area (Å²) in [5.41, 5.74) is 2.20. The Morgan fingerprint density at radius 2 is 1.96 bits per heavy atom. The lowest BCUT2D eigenvalue weighted by molar-refractivity contribution is 0.284. The number of hydrogen-bond donors (Lipinski definition) is 0. The third kappa shape index (κ3) is 4.12. The normalized spacial score (nSPS) is 10.1. The first-order chi connectivity index (χ1) is 11.2. The molecule has 0 amide bonds. The van der Waals surface area contributed by atoms with Crippen LogP contribution in [-0.4, -0.2) is 7.11 Å². The van der Waals surface area contributed by atoms with Gasteiger partial charge in [0.05, 0.1) is 24.8 Å². The first-order valence-corrected chi connectivity index (χ1v) is 7.53. The van der Waals surface area contributed by atoms with Crippen LogP contribution in [0, 0.1) is 22.7 Å². The minimum absolute atomic E-state index is 0.264. The largest absolute Gasteiger partial charge is 0.493 e. The van der Waals surface area contributed by atoms with Crippen molar-refractivity contribution in [1.29, 1.82) is 10.5 Å². The number of halogens is 1. The topological polar surface area (TPSA) is 66.0 Å². The molecule has 0 bridgehead atoms. The highest BCUT2D eigenvalue weighted by molar-refractivity contribution is 9.10. The van der Waals surface area contributed by atoms with Crippen molar-refractivity contribution in [3.8, 4) is 23.6 Å². The fraction of sp³-hybridized carbons (Fsp3) is 0.111. The molecule has 0 spiro atoms. The van der Waals surface area contributed by atoms with E-state index in [0.29, 0.717) is 17.1 Å². The van der Waals surface area contributed by atoms with E-state index in [1.165, 1.54) is 6.08 Å². The monoisotopic (exact) mass is 368 g/mol. The minimum Gasteiger partial charge on any atom is -0.493 e. The van der Waals surface area contributed by atoms with Crippen LogP contribution in [0.4, 0.5) is 0 Å². The fourth-order valence-electron chi connectivity index (χ4n) is 1.99. The summed E-state index contributed by atoms with van der Waals surface area (Å²) in [5, 5.41) is 17.7. The maximum absolute atomic E-state index is 9.11. The Hall–Kier alpha value is -2.76. The van der Waals surface area contributed by atoms with Gasteiger partial charge in [-0.05, 0) is 29.8 Å². The molecule has 0 aliphatic rings. The molecule has 2 aromatic rings. The minimum atomic E-state index is 0.264. The molecule has 4 nitrogen and oxygen atoms in total. The maximum Gasteiger partial charge on any atom is 0.162 e. The molecular weight excluding hydrogens is 356 g/mol. The number of allylic oxidation sites excluding steroid dienone is 1. The van der Waals surface area contributed by atoms with E-state index in [1.54, 1.807) is 31.4 Å². The van der Waals surface area contributed by atoms with Crippen LogP contribution >= 0.6 is 15.9 Å². The van der Waals surface area contributed by atoms with E-state index in [1.807, 2.05) is 24.3 Å². The molecule has 0 aliphatic carbocycles. The van der Waals surface area contributed by atoms with Gasteiger partial charge in [0.1, 0.15) is 6.61 Å². The summed E-state index contributed by atoms with van der Waals surface area (Å²) >= 11 is 3.45. The quantitative estimate of drug-likeness (QED) is 0.731. The lowest BCUT2D eigenvalue weighted by Gasteiger charge is -2.13. The van der Waals surface area contributed by atoms with E-state index in [9.17, 15) is 0 Å². The van der Waals surface area contributed by atoms with Gasteiger partial charge in [0, 0.05) is 16.1 Å². The molecule has 0 aliphatic heterocycles. The van der Waals surface area contributed by atoms with Gasteiger partial charge < -0.3 is 9.47 Å². The van der Waals surface area contributed by atoms with Crippen LogP contribution in [-0.2, 0) is 6.61 Å². The molecule has 0 saturated heterocycles. The molecule has 2 rings (SSSR count). The van der Waals surface area contributed by atoms with Crippen molar-refractivity contribution in [1.82, 2.24) is 0 Å². The zero-order chi connectivity index (χ0) is 16.7. The van der Waals surface area contributed by atoms with Crippen molar-refractivity contribution in [2.24, 2.45) is 0 Å². The lowest BCUT2D eigenvalue weighted by atomic mass is 10.1. The summed E-state index contributed by atoms with van der Waals surface area (Å²) < 4.78 is 11.9. The number of benzene rings is 2. The number of nitrogens with zero attached hydrogens (tertiary/aromatic N) is 2. The van der Waals surface area contributed by atoms with Crippen molar-refractivity contribution in [3.63, 3.8) is 0 Å². The Kier molecular flexibility index (Phi) is 5.80. The molecule has 0 fully saturated rings. The number of rotatable bonds is 5. The van der Waals surface area contributed by atoms with E-state index in [0.717, 1.165) is 15.6 Å². The first-order valence-electron chi connectivity index (χ1n) is 6.74. The first kappa shape index (κ1) is 16.6. The van der Waals surface area contributed by atoms with Crippen LogP contribution in [0.2, 0.25) is 0 Å². The van der Waals surface area contributed by atoms with Gasteiger partial charge in [-0.25, -0.2) is 0 Å². The Bertz CT molecular complexity index is 817. The molecule has 0 N–H and O–H groups in total. The predicted octanol–water partition coefficient (Wildman–Crippen LogP) is 4.45. The number of hydrogen-bond acceptors (Lipinski definition) is 4. The highest BCUT2D eigenvalue weighted by Crippen LogP contribution is 2.34. The molecule has 0 radical (unpaired) electrons. The van der Waals surface area contributed by atoms with Gasteiger partial charge in [-0.15, -0.1) is 0 Å². The van der Waals surface area contributed by atoms with E-state index < -0.39 is 0 Å². The third-order valence-electron chi connectivity index (χ3n) is 3.14. The second kappa shape index (κ2) is 8.03. The summed E-state index contributed by atoms with van der Waals surface area (Å²) in [7, 11) is 1.55. The van der Waals surface area contributed by atoms with Crippen LogP contribution in [0.25, 0.3) is 6.08 Å². The molecule has 114 valence electrons. The van der Waals surface area contributed by atoms with Gasteiger partial charge in [-0.1, -0.05) is 34.1 Å². The fourth-order valence-corrected chi connectivity index (χ4v) is 2.44. The van der Waals surface area contributed by atoms with Crippen LogP contribution in [0.15, 0.2) is 46.9 Å². The summed E-state index contributed by atoms with van der Waals surface area (Å²) in [4.78, 5) is 0. The van der Waals surface area contributed by atoms with Gasteiger partial charge in [0.25, 0.3) is 0 Å². The highest BCUT2D eigenvalue weighted by atomic mass is 79.9. The van der Waals surface area contributed by atoms with E-state index >= 15 is 0 Å². The van der Waals surface area contributed by atoms with Crippen LogP contribution in [0.1, 0.15) is 16.7 Å². The molecule has 2 aromatic carbocycles. The van der Waals surface area contributed by atoms with Crippen LogP contribution < -0.4 is 9.47 Å². The predicted molar refractivity (Wildman–Crippen MR) is 90.8 cm³/mol. The van der Waals surface area contributed by atoms with Crippen molar-refractivity contribution in [3.05, 3.63) is 63.6 Å². The Morgan fingerprint density at radius 3 is 2.65 bits per heavy atom. The Labute approximate surface area is 143 Å². The van der Waals surface area contributed by atoms with Crippen molar-refractivity contribution >= 4 is 22.0 Å². The van der Waals surface area contributed by atoms with Crippen molar-refractivity contribution in [2.75, 3.05) is 7.11 Å². The Morgan fingerprint density at radius 1 is 1.17 bits per heavy atom. The van der Waals surface area contributed by atoms with E-state index in [-0.39, 0.29) is 6.61 Å². The Balaban J connectivity index is 2.26. The second-order valence-corrected chi connectivity index (χ2v) is 5.40. The smallest absolute Gasteiger partial charge is 0.162 e. The standard InChI is InChI=1S/C18H13BrN2O2/c1-22-17-9-13(7-4-8-20)16(19)10-18(17)23-12-15-6-3-2-5-14(15)11-21/h2-7,9-10H,12H2,1H3. The summed E-state index contributed by atoms with van der Waals surface area (Å²) in [5.74, 6) is 1.11. The average molecular weight is 369 g/mol. The summed E-state index contributed by atoms with van der Waals surface area (Å²) in [6.45, 7) is 0.264. The van der Waals surface area contributed by atoms with E-state index in [4.69, 9.17) is 20.0 Å². The van der Waals surface area contributed by atoms with Crippen molar-refractivity contribution in [2.45, 2.75) is 6.61 Å². The van der Waals surface area contributed by atoms with Gasteiger partial charge in [0.2, 0.25) is 0 Å². The van der Waals surface area contributed by atoms with Gasteiger partial charge in [-0.3, -0.25) is 0 Å². The molecule has 0 unspecified atom stereocenters. The number of nitriles is 2. The third-order valence-corrected chi connectivity index (χ3v) is 3.83. The summed E-state index contributed by atoms with van der Waals surface area (Å²) in [6.07, 6.45) is 3.07. The molecule has 0 atom stereocenters. The van der Waals surface area contributed by atoms with Gasteiger partial charge >= 0.3 is 0 Å². The molecule has 23 heavy (non-hydrogen) atoms. The van der Waals surface area contributed by atoms with Crippen molar-refractivity contribution < 1.29 is 9.47 Å². The maximum atomic E-state index is 9.11. The van der Waals surface area contributed by atoms with Crippen LogP contribution in [0.3, 0.4) is 0 Å². The number of ether oxygens (including phenoxy) is 2. The van der Waals surface area contributed by atoms with Crippen LogP contribution in [0.5, 0.6) is 11.5 Å². The SMILES string of the molecule is COc1cc(C=CC#N)c(Br)cc1OCc1ccccc1C#N. The molecule has 0 heterocycles.